The van der Waals surface area contributed by atoms with Gasteiger partial charge in [0.15, 0.2) is 11.6 Å². The summed E-state index contributed by atoms with van der Waals surface area (Å²) >= 11 is 0. The van der Waals surface area contributed by atoms with Crippen LogP contribution in [0.4, 0.5) is 0 Å². The second-order valence-electron chi connectivity index (χ2n) is 5.60. The molecule has 4 heteroatoms. The molecule has 0 bridgehead atoms. The Hall–Kier alpha value is -1.84. The Kier molecular flexibility index (Phi) is 2.22. The number of nitrogens with zero attached hydrogens (tertiary/aromatic N) is 2. The second kappa shape index (κ2) is 3.83. The molecule has 4 nitrogen and oxygen atoms in total. The Morgan fingerprint density at radius 1 is 1.47 bits per heavy atom. The van der Waals surface area contributed by atoms with Crippen LogP contribution in [-0.4, -0.2) is 28.8 Å². The molecular weight excluding hydrogens is 240 g/mol. The molecule has 1 amide bonds. The Labute approximate surface area is 112 Å². The molecule has 0 aromatic carbocycles. The zero-order valence-electron chi connectivity index (χ0n) is 10.7. The van der Waals surface area contributed by atoms with Gasteiger partial charge in [0.2, 0.25) is 0 Å². The van der Waals surface area contributed by atoms with Gasteiger partial charge < -0.3 is 9.64 Å². The third-order valence-electron chi connectivity index (χ3n) is 4.20. The molecule has 0 aromatic rings. The maximum absolute atomic E-state index is 12.3. The summed E-state index contributed by atoms with van der Waals surface area (Å²) in [6.45, 7) is 0.740. The third kappa shape index (κ3) is 1.59. The summed E-state index contributed by atoms with van der Waals surface area (Å²) in [6, 6.07) is 0. The van der Waals surface area contributed by atoms with E-state index in [0.29, 0.717) is 11.8 Å². The molecule has 0 radical (unpaired) electrons. The number of amides is 1. The van der Waals surface area contributed by atoms with Crippen molar-refractivity contribution in [1.82, 2.24) is 4.90 Å². The molecule has 2 aliphatic carbocycles. The Bertz CT molecular complexity index is 554. The van der Waals surface area contributed by atoms with Crippen molar-refractivity contribution in [3.05, 3.63) is 36.3 Å². The SMILES string of the molecule is O=C1N=C2C(OCC3CC3)=CC=CN2C12C=CCC2. The van der Waals surface area contributed by atoms with Gasteiger partial charge in [-0.3, -0.25) is 4.79 Å². The lowest BCUT2D eigenvalue weighted by Crippen LogP contribution is -2.46. The summed E-state index contributed by atoms with van der Waals surface area (Å²) in [5.41, 5.74) is -0.575. The number of hydrogen-bond donors (Lipinski definition) is 0. The predicted molar refractivity (Wildman–Crippen MR) is 71.3 cm³/mol. The van der Waals surface area contributed by atoms with Crippen LogP contribution in [0.3, 0.4) is 0 Å². The molecule has 0 N–H and O–H groups in total. The van der Waals surface area contributed by atoms with Crippen LogP contribution in [-0.2, 0) is 9.53 Å². The third-order valence-corrected chi connectivity index (χ3v) is 4.20. The van der Waals surface area contributed by atoms with Crippen LogP contribution in [0.5, 0.6) is 0 Å². The van der Waals surface area contributed by atoms with Gasteiger partial charge in [0.05, 0.1) is 6.61 Å². The first-order chi connectivity index (χ1) is 9.29. The van der Waals surface area contributed by atoms with Gasteiger partial charge in [-0.15, -0.1) is 0 Å². The van der Waals surface area contributed by atoms with Crippen molar-refractivity contribution in [2.24, 2.45) is 10.9 Å². The van der Waals surface area contributed by atoms with Crippen molar-refractivity contribution in [3.63, 3.8) is 0 Å². The quantitative estimate of drug-likeness (QED) is 0.727. The summed E-state index contributed by atoms with van der Waals surface area (Å²) in [7, 11) is 0. The fourth-order valence-corrected chi connectivity index (χ4v) is 2.86. The van der Waals surface area contributed by atoms with Gasteiger partial charge in [0, 0.05) is 6.20 Å². The fourth-order valence-electron chi connectivity index (χ4n) is 2.86. The summed E-state index contributed by atoms with van der Waals surface area (Å²) in [5.74, 6) is 2.04. The van der Waals surface area contributed by atoms with Gasteiger partial charge in [-0.1, -0.05) is 12.2 Å². The van der Waals surface area contributed by atoms with Crippen LogP contribution >= 0.6 is 0 Å². The lowest BCUT2D eigenvalue weighted by molar-refractivity contribution is -0.122. The van der Waals surface area contributed by atoms with E-state index in [0.717, 1.165) is 25.2 Å². The molecule has 4 aliphatic rings. The topological polar surface area (TPSA) is 41.9 Å². The summed E-state index contributed by atoms with van der Waals surface area (Å²) < 4.78 is 5.83. The van der Waals surface area contributed by atoms with Crippen molar-refractivity contribution in [2.75, 3.05) is 6.61 Å². The van der Waals surface area contributed by atoms with Crippen molar-refractivity contribution < 1.29 is 9.53 Å². The van der Waals surface area contributed by atoms with E-state index in [1.165, 1.54) is 12.8 Å². The van der Waals surface area contributed by atoms with E-state index < -0.39 is 5.54 Å². The lowest BCUT2D eigenvalue weighted by Gasteiger charge is -2.33. The number of fused-ring (bicyclic) bond motifs is 2. The first-order valence-corrected chi connectivity index (χ1v) is 6.91. The molecule has 1 atom stereocenters. The number of amidine groups is 1. The zero-order chi connectivity index (χ0) is 12.9. The van der Waals surface area contributed by atoms with E-state index in [-0.39, 0.29) is 5.91 Å². The van der Waals surface area contributed by atoms with Crippen LogP contribution in [0.25, 0.3) is 0 Å². The normalized spacial score (nSPS) is 31.8. The number of carbonyl (C=O) groups excluding carboxylic acids is 1. The summed E-state index contributed by atoms with van der Waals surface area (Å²) in [4.78, 5) is 18.5. The maximum Gasteiger partial charge on any atom is 0.278 e. The number of rotatable bonds is 3. The zero-order valence-corrected chi connectivity index (χ0v) is 10.7. The second-order valence-corrected chi connectivity index (χ2v) is 5.60. The number of ether oxygens (including phenoxy) is 1. The molecule has 2 heterocycles. The van der Waals surface area contributed by atoms with Crippen LogP contribution in [0, 0.1) is 5.92 Å². The minimum Gasteiger partial charge on any atom is -0.489 e. The van der Waals surface area contributed by atoms with Gasteiger partial charge in [-0.25, -0.2) is 0 Å². The monoisotopic (exact) mass is 256 g/mol. The smallest absolute Gasteiger partial charge is 0.278 e. The molecule has 1 spiro atoms. The van der Waals surface area contributed by atoms with E-state index >= 15 is 0 Å². The van der Waals surface area contributed by atoms with Crippen LogP contribution in [0.1, 0.15) is 25.7 Å². The Morgan fingerprint density at radius 2 is 2.37 bits per heavy atom. The van der Waals surface area contributed by atoms with Crippen molar-refractivity contribution in [1.29, 1.82) is 0 Å². The average Bonchev–Trinajstić information content (AvgIpc) is 3.04. The minimum atomic E-state index is -0.575. The molecule has 1 unspecified atom stereocenters. The van der Waals surface area contributed by atoms with E-state index in [1.54, 1.807) is 0 Å². The summed E-state index contributed by atoms with van der Waals surface area (Å²) in [5, 5.41) is 0. The molecule has 0 aromatic heterocycles. The average molecular weight is 256 g/mol. The van der Waals surface area contributed by atoms with Crippen molar-refractivity contribution in [3.8, 4) is 0 Å². The highest BCUT2D eigenvalue weighted by Crippen LogP contribution is 2.39. The standard InChI is InChI=1S/C15H16N2O2/c18-14-15(7-1-2-8-15)17-9-3-4-12(13(17)16-14)19-10-11-5-6-11/h1,3-4,7,9,11H,2,5-6,8,10H2. The number of aliphatic imine (C=N–C) groups is 1. The Balaban J connectivity index is 1.62. The van der Waals surface area contributed by atoms with Crippen LogP contribution < -0.4 is 0 Å². The number of carbonyl (C=O) groups is 1. The Morgan fingerprint density at radius 3 is 3.11 bits per heavy atom. The molecule has 2 aliphatic heterocycles. The van der Waals surface area contributed by atoms with Crippen molar-refractivity contribution >= 4 is 11.7 Å². The number of allylic oxidation sites excluding steroid dienone is 3. The van der Waals surface area contributed by atoms with Gasteiger partial charge in [-0.05, 0) is 43.8 Å². The predicted octanol–water partition coefficient (Wildman–Crippen LogP) is 2.15. The molecule has 1 fully saturated rings. The molecule has 4 rings (SSSR count). The highest BCUT2D eigenvalue weighted by Gasteiger charge is 2.50. The highest BCUT2D eigenvalue weighted by molar-refractivity contribution is 6.14. The van der Waals surface area contributed by atoms with Gasteiger partial charge in [0.25, 0.3) is 5.91 Å². The van der Waals surface area contributed by atoms with Gasteiger partial charge >= 0.3 is 0 Å². The van der Waals surface area contributed by atoms with Crippen LogP contribution in [0.2, 0.25) is 0 Å². The molecule has 19 heavy (non-hydrogen) atoms. The van der Waals surface area contributed by atoms with Crippen LogP contribution in [0.15, 0.2) is 41.3 Å². The van der Waals surface area contributed by atoms with E-state index in [1.807, 2.05) is 29.3 Å². The maximum atomic E-state index is 12.3. The number of hydrogen-bond acceptors (Lipinski definition) is 3. The van der Waals surface area contributed by atoms with E-state index in [2.05, 4.69) is 11.1 Å². The fraction of sp³-hybridized carbons (Fsp3) is 0.467. The largest absolute Gasteiger partial charge is 0.489 e. The molecule has 0 saturated heterocycles. The van der Waals surface area contributed by atoms with Gasteiger partial charge in [0.1, 0.15) is 5.54 Å². The minimum absolute atomic E-state index is 0.0660. The first-order valence-electron chi connectivity index (χ1n) is 6.91. The molecule has 1 saturated carbocycles. The van der Waals surface area contributed by atoms with E-state index in [4.69, 9.17) is 4.74 Å². The van der Waals surface area contributed by atoms with E-state index in [9.17, 15) is 4.79 Å². The molecule has 98 valence electrons. The lowest BCUT2D eigenvalue weighted by atomic mass is 9.96. The first kappa shape index (κ1) is 11.0. The summed E-state index contributed by atoms with van der Waals surface area (Å²) in [6.07, 6.45) is 14.1. The highest BCUT2D eigenvalue weighted by atomic mass is 16.5. The molecular formula is C15H16N2O2. The van der Waals surface area contributed by atoms with Gasteiger partial charge in [-0.2, -0.15) is 4.99 Å². The van der Waals surface area contributed by atoms with Crippen molar-refractivity contribution in [2.45, 2.75) is 31.2 Å².